The van der Waals surface area contributed by atoms with E-state index in [1.165, 1.54) is 13.3 Å². The van der Waals surface area contributed by atoms with E-state index in [1.54, 1.807) is 30.3 Å². The zero-order chi connectivity index (χ0) is 18.5. The van der Waals surface area contributed by atoms with Gasteiger partial charge < -0.3 is 9.47 Å². The lowest BCUT2D eigenvalue weighted by Crippen LogP contribution is -2.11. The Bertz CT molecular complexity index is 896. The van der Waals surface area contributed by atoms with Crippen LogP contribution < -0.4 is 4.74 Å². The molecule has 6 heteroatoms. The van der Waals surface area contributed by atoms with Gasteiger partial charge in [-0.2, -0.15) is 0 Å². The molecule has 1 atom stereocenters. The van der Waals surface area contributed by atoms with Crippen LogP contribution in [0.15, 0.2) is 66.9 Å². The maximum absolute atomic E-state index is 11.5. The first-order valence-electron chi connectivity index (χ1n) is 7.79. The van der Waals surface area contributed by atoms with Gasteiger partial charge in [-0.25, -0.2) is 9.78 Å². The molecule has 0 amide bonds. The van der Waals surface area contributed by atoms with E-state index in [0.717, 1.165) is 11.1 Å². The number of hydrogen-bond donors (Lipinski definition) is 0. The van der Waals surface area contributed by atoms with Gasteiger partial charge in [0.05, 0.1) is 12.7 Å². The topological polar surface area (TPSA) is 48.4 Å². The van der Waals surface area contributed by atoms with Crippen molar-refractivity contribution in [1.82, 2.24) is 4.98 Å². The third-order valence-electron chi connectivity index (χ3n) is 3.76. The highest BCUT2D eigenvalue weighted by molar-refractivity contribution is 6.31. The van der Waals surface area contributed by atoms with Crippen molar-refractivity contribution in [3.05, 3.63) is 93.6 Å². The molecule has 3 rings (SSSR count). The molecule has 1 unspecified atom stereocenters. The van der Waals surface area contributed by atoms with Gasteiger partial charge in [-0.05, 0) is 29.8 Å². The van der Waals surface area contributed by atoms with Crippen LogP contribution in [0, 0.1) is 0 Å². The summed E-state index contributed by atoms with van der Waals surface area (Å²) < 4.78 is 10.8. The summed E-state index contributed by atoms with van der Waals surface area (Å²) in [6.45, 7) is 0. The van der Waals surface area contributed by atoms with Crippen molar-refractivity contribution in [3.8, 4) is 5.88 Å². The Hall–Kier alpha value is -2.56. The van der Waals surface area contributed by atoms with Crippen LogP contribution >= 0.6 is 23.2 Å². The number of rotatable bonds is 5. The highest BCUT2D eigenvalue weighted by Crippen LogP contribution is 2.32. The number of benzene rings is 2. The standard InChI is InChI=1S/C20H15Cl2NO3/c1-25-20(24)14-8-11-18(23-12-14)26-19(13-6-9-15(21)10-7-13)16-4-2-3-5-17(16)22/h2-12,19H,1H3. The zero-order valence-electron chi connectivity index (χ0n) is 13.9. The number of carbonyl (C=O) groups excluding carboxylic acids is 1. The van der Waals surface area contributed by atoms with Gasteiger partial charge in [0.2, 0.25) is 5.88 Å². The van der Waals surface area contributed by atoms with E-state index in [0.29, 0.717) is 21.5 Å². The first-order valence-corrected chi connectivity index (χ1v) is 8.55. The summed E-state index contributed by atoms with van der Waals surface area (Å²) >= 11 is 12.4. The second-order valence-corrected chi connectivity index (χ2v) is 6.29. The van der Waals surface area contributed by atoms with Crippen molar-refractivity contribution in [2.24, 2.45) is 0 Å². The molecule has 1 heterocycles. The van der Waals surface area contributed by atoms with E-state index >= 15 is 0 Å². The van der Waals surface area contributed by atoms with Gasteiger partial charge in [0.25, 0.3) is 0 Å². The number of ether oxygens (including phenoxy) is 2. The van der Waals surface area contributed by atoms with E-state index in [-0.39, 0.29) is 0 Å². The molecule has 0 bridgehead atoms. The Kier molecular flexibility index (Phi) is 5.76. The van der Waals surface area contributed by atoms with E-state index in [4.69, 9.17) is 27.9 Å². The van der Waals surface area contributed by atoms with Crippen molar-refractivity contribution in [3.63, 3.8) is 0 Å². The van der Waals surface area contributed by atoms with Crippen molar-refractivity contribution in [1.29, 1.82) is 0 Å². The minimum Gasteiger partial charge on any atom is -0.465 e. The van der Waals surface area contributed by atoms with E-state index in [1.807, 2.05) is 30.3 Å². The molecule has 0 aliphatic rings. The molecular formula is C20H15Cl2NO3. The van der Waals surface area contributed by atoms with E-state index in [2.05, 4.69) is 9.72 Å². The molecule has 0 spiro atoms. The molecular weight excluding hydrogens is 373 g/mol. The fourth-order valence-corrected chi connectivity index (χ4v) is 2.81. The molecule has 0 saturated carbocycles. The van der Waals surface area contributed by atoms with Gasteiger partial charge in [0.15, 0.2) is 6.10 Å². The van der Waals surface area contributed by atoms with Crippen LogP contribution in [0.2, 0.25) is 10.0 Å². The smallest absolute Gasteiger partial charge is 0.339 e. The summed E-state index contributed by atoms with van der Waals surface area (Å²) in [5.74, 6) is -0.0954. The SMILES string of the molecule is COC(=O)c1ccc(OC(c2ccc(Cl)cc2)c2ccccc2Cl)nc1. The van der Waals surface area contributed by atoms with Crippen molar-refractivity contribution >= 4 is 29.2 Å². The van der Waals surface area contributed by atoms with Gasteiger partial charge in [-0.3, -0.25) is 0 Å². The molecule has 0 radical (unpaired) electrons. The molecule has 3 aromatic rings. The summed E-state index contributed by atoms with van der Waals surface area (Å²) in [6.07, 6.45) is 0.935. The number of carbonyl (C=O) groups is 1. The number of aromatic nitrogens is 1. The Balaban J connectivity index is 1.95. The predicted molar refractivity (Wildman–Crippen MR) is 101 cm³/mol. The summed E-state index contributed by atoms with van der Waals surface area (Å²) in [6, 6.07) is 18.0. The lowest BCUT2D eigenvalue weighted by molar-refractivity contribution is 0.0600. The van der Waals surface area contributed by atoms with Gasteiger partial charge >= 0.3 is 5.97 Å². The van der Waals surface area contributed by atoms with E-state index < -0.39 is 12.1 Å². The van der Waals surface area contributed by atoms with Gasteiger partial charge in [-0.15, -0.1) is 0 Å². The fraction of sp³-hybridized carbons (Fsp3) is 0.100. The first kappa shape index (κ1) is 18.2. The molecule has 0 N–H and O–H groups in total. The molecule has 0 aliphatic heterocycles. The fourth-order valence-electron chi connectivity index (χ4n) is 2.45. The maximum atomic E-state index is 11.5. The van der Waals surface area contributed by atoms with Crippen LogP contribution in [0.4, 0.5) is 0 Å². The molecule has 4 nitrogen and oxygen atoms in total. The number of nitrogens with zero attached hydrogens (tertiary/aromatic N) is 1. The number of esters is 1. The van der Waals surface area contributed by atoms with Crippen LogP contribution in [-0.2, 0) is 4.74 Å². The Labute approximate surface area is 161 Å². The van der Waals surface area contributed by atoms with Crippen LogP contribution in [-0.4, -0.2) is 18.1 Å². The highest BCUT2D eigenvalue weighted by atomic mass is 35.5. The predicted octanol–water partition coefficient (Wildman–Crippen LogP) is 5.34. The number of pyridine rings is 1. The maximum Gasteiger partial charge on any atom is 0.339 e. The van der Waals surface area contributed by atoms with Crippen molar-refractivity contribution in [2.75, 3.05) is 7.11 Å². The number of methoxy groups -OCH3 is 1. The average molecular weight is 388 g/mol. The Morgan fingerprint density at radius 1 is 1.00 bits per heavy atom. The highest BCUT2D eigenvalue weighted by Gasteiger charge is 2.20. The van der Waals surface area contributed by atoms with Crippen molar-refractivity contribution < 1.29 is 14.3 Å². The first-order chi connectivity index (χ1) is 12.6. The largest absolute Gasteiger partial charge is 0.465 e. The van der Waals surface area contributed by atoms with Crippen LogP contribution in [0.1, 0.15) is 27.6 Å². The van der Waals surface area contributed by atoms with E-state index in [9.17, 15) is 4.79 Å². The van der Waals surface area contributed by atoms with Gasteiger partial charge in [0.1, 0.15) is 0 Å². The van der Waals surface area contributed by atoms with Crippen LogP contribution in [0.25, 0.3) is 0 Å². The second kappa shape index (κ2) is 8.21. The quantitative estimate of drug-likeness (QED) is 0.554. The van der Waals surface area contributed by atoms with Crippen LogP contribution in [0.5, 0.6) is 5.88 Å². The van der Waals surface area contributed by atoms with Gasteiger partial charge in [-0.1, -0.05) is 53.5 Å². The monoisotopic (exact) mass is 387 g/mol. The zero-order valence-corrected chi connectivity index (χ0v) is 15.4. The summed E-state index contributed by atoms with van der Waals surface area (Å²) in [4.78, 5) is 15.7. The minimum absolute atomic E-state index is 0.348. The normalized spacial score (nSPS) is 11.7. The average Bonchev–Trinajstić information content (AvgIpc) is 2.67. The molecule has 2 aromatic carbocycles. The summed E-state index contributed by atoms with van der Waals surface area (Å²) in [5, 5.41) is 1.21. The third kappa shape index (κ3) is 4.15. The minimum atomic E-state index is -0.475. The van der Waals surface area contributed by atoms with Gasteiger partial charge in [0, 0.05) is 27.9 Å². The molecule has 1 aromatic heterocycles. The molecule has 0 aliphatic carbocycles. The van der Waals surface area contributed by atoms with Crippen LogP contribution in [0.3, 0.4) is 0 Å². The molecule has 0 fully saturated rings. The molecule has 26 heavy (non-hydrogen) atoms. The molecule has 0 saturated heterocycles. The Morgan fingerprint density at radius 3 is 2.35 bits per heavy atom. The van der Waals surface area contributed by atoms with Crippen molar-refractivity contribution in [2.45, 2.75) is 6.10 Å². The lowest BCUT2D eigenvalue weighted by atomic mass is 10.0. The summed E-state index contributed by atoms with van der Waals surface area (Å²) in [5.41, 5.74) is 2.03. The summed E-state index contributed by atoms with van der Waals surface area (Å²) in [7, 11) is 1.32. The molecule has 132 valence electrons. The second-order valence-electron chi connectivity index (χ2n) is 5.45. The Morgan fingerprint density at radius 2 is 1.73 bits per heavy atom. The number of hydrogen-bond acceptors (Lipinski definition) is 4. The number of halogens is 2. The third-order valence-corrected chi connectivity index (χ3v) is 4.35. The lowest BCUT2D eigenvalue weighted by Gasteiger charge is -2.20.